The van der Waals surface area contributed by atoms with Gasteiger partial charge in [-0.15, -0.1) is 0 Å². The van der Waals surface area contributed by atoms with Crippen LogP contribution >= 0.6 is 0 Å². The van der Waals surface area contributed by atoms with Crippen molar-refractivity contribution in [2.45, 2.75) is 18.6 Å². The molecule has 2 aliphatic rings. The molecule has 8 heteroatoms. The quantitative estimate of drug-likeness (QED) is 0.638. The first-order valence-corrected chi connectivity index (χ1v) is 8.77. The average molecular weight is 305 g/mol. The summed E-state index contributed by atoms with van der Waals surface area (Å²) in [6, 6.07) is -0.274. The molecular weight excluding hydrogens is 282 g/mol. The summed E-state index contributed by atoms with van der Waals surface area (Å²) in [6.45, 7) is 3.30. The van der Waals surface area contributed by atoms with Gasteiger partial charge in [0.25, 0.3) is 0 Å². The van der Waals surface area contributed by atoms with E-state index < -0.39 is 9.84 Å². The lowest BCUT2D eigenvalue weighted by Crippen LogP contribution is -2.49. The van der Waals surface area contributed by atoms with Gasteiger partial charge >= 0.3 is 0 Å². The van der Waals surface area contributed by atoms with Gasteiger partial charge in [-0.2, -0.15) is 0 Å². The molecule has 2 unspecified atom stereocenters. The standard InChI is InChI=1S/C12H23N3O4S/c1-15-3-4-19-11(8-15)7-14-12(16)6-10-9-20(17,18)5-2-13-10/h10-11,13H,2-9H2,1H3,(H,14,16). The largest absolute Gasteiger partial charge is 0.374 e. The number of carbonyl (C=O) groups is 1. The number of nitrogens with zero attached hydrogens (tertiary/aromatic N) is 1. The van der Waals surface area contributed by atoms with Crippen LogP contribution in [-0.4, -0.2) is 82.7 Å². The molecule has 0 aromatic carbocycles. The second kappa shape index (κ2) is 6.84. The minimum Gasteiger partial charge on any atom is -0.374 e. The maximum atomic E-state index is 11.8. The Kier molecular flexibility index (Phi) is 5.36. The minimum absolute atomic E-state index is 0.0146. The third-order valence-electron chi connectivity index (χ3n) is 3.60. The van der Waals surface area contributed by atoms with Gasteiger partial charge in [-0.3, -0.25) is 4.79 Å². The van der Waals surface area contributed by atoms with E-state index in [1.165, 1.54) is 0 Å². The first-order valence-electron chi connectivity index (χ1n) is 6.95. The fourth-order valence-corrected chi connectivity index (χ4v) is 3.96. The third kappa shape index (κ3) is 5.01. The van der Waals surface area contributed by atoms with E-state index in [0.717, 1.165) is 13.1 Å². The van der Waals surface area contributed by atoms with Crippen molar-refractivity contribution < 1.29 is 17.9 Å². The smallest absolute Gasteiger partial charge is 0.221 e. The van der Waals surface area contributed by atoms with Crippen molar-refractivity contribution in [3.8, 4) is 0 Å². The van der Waals surface area contributed by atoms with Gasteiger partial charge < -0.3 is 20.3 Å². The minimum atomic E-state index is -2.99. The highest BCUT2D eigenvalue weighted by atomic mass is 32.2. The van der Waals surface area contributed by atoms with Crippen LogP contribution in [0.1, 0.15) is 6.42 Å². The van der Waals surface area contributed by atoms with Crippen LogP contribution in [0.5, 0.6) is 0 Å². The van der Waals surface area contributed by atoms with Gasteiger partial charge in [0, 0.05) is 38.6 Å². The number of hydrogen-bond acceptors (Lipinski definition) is 6. The Balaban J connectivity index is 1.70. The number of hydrogen-bond donors (Lipinski definition) is 2. The van der Waals surface area contributed by atoms with E-state index in [1.807, 2.05) is 7.05 Å². The van der Waals surface area contributed by atoms with E-state index in [0.29, 0.717) is 19.7 Å². The SMILES string of the molecule is CN1CCOC(CNC(=O)CC2CS(=O)(=O)CCN2)C1. The highest BCUT2D eigenvalue weighted by Gasteiger charge is 2.26. The molecule has 0 aromatic heterocycles. The molecule has 2 N–H and O–H groups in total. The van der Waals surface area contributed by atoms with E-state index in [2.05, 4.69) is 15.5 Å². The summed E-state index contributed by atoms with van der Waals surface area (Å²) in [7, 11) is -0.972. The first-order chi connectivity index (χ1) is 9.44. The molecular formula is C12H23N3O4S. The highest BCUT2D eigenvalue weighted by molar-refractivity contribution is 7.91. The Morgan fingerprint density at radius 3 is 3.00 bits per heavy atom. The summed E-state index contributed by atoms with van der Waals surface area (Å²) in [5.74, 6) is 0.0765. The molecule has 0 saturated carbocycles. The predicted molar refractivity (Wildman–Crippen MR) is 75.3 cm³/mol. The van der Waals surface area contributed by atoms with Gasteiger partial charge in [0.15, 0.2) is 9.84 Å². The molecule has 0 spiro atoms. The molecule has 1 amide bonds. The molecule has 2 saturated heterocycles. The zero-order chi connectivity index (χ0) is 14.6. The van der Waals surface area contributed by atoms with Crippen molar-refractivity contribution in [2.75, 3.05) is 51.3 Å². The zero-order valence-electron chi connectivity index (χ0n) is 11.8. The molecule has 20 heavy (non-hydrogen) atoms. The van der Waals surface area contributed by atoms with E-state index in [4.69, 9.17) is 4.74 Å². The highest BCUT2D eigenvalue weighted by Crippen LogP contribution is 2.05. The van der Waals surface area contributed by atoms with Crippen LogP contribution in [0.25, 0.3) is 0 Å². The molecule has 116 valence electrons. The third-order valence-corrected chi connectivity index (χ3v) is 5.34. The molecule has 2 rings (SSSR count). The topological polar surface area (TPSA) is 87.7 Å². The normalized spacial score (nSPS) is 30.9. The summed E-state index contributed by atoms with van der Waals surface area (Å²) in [6.07, 6.45) is 0.211. The van der Waals surface area contributed by atoms with Crippen molar-refractivity contribution in [3.05, 3.63) is 0 Å². The van der Waals surface area contributed by atoms with Crippen molar-refractivity contribution in [2.24, 2.45) is 0 Å². The van der Waals surface area contributed by atoms with Gasteiger partial charge in [-0.25, -0.2) is 8.42 Å². The summed E-state index contributed by atoms with van der Waals surface area (Å²) in [4.78, 5) is 14.0. The molecule has 2 aliphatic heterocycles. The number of morpholine rings is 1. The van der Waals surface area contributed by atoms with Gasteiger partial charge in [0.05, 0.1) is 24.2 Å². The van der Waals surface area contributed by atoms with Crippen LogP contribution in [0.3, 0.4) is 0 Å². The van der Waals surface area contributed by atoms with Crippen LogP contribution in [0, 0.1) is 0 Å². The number of likely N-dealkylation sites (N-methyl/N-ethyl adjacent to an activating group) is 1. The Morgan fingerprint density at radius 1 is 1.50 bits per heavy atom. The Morgan fingerprint density at radius 2 is 2.30 bits per heavy atom. The summed E-state index contributed by atoms with van der Waals surface area (Å²) in [5, 5.41) is 5.89. The average Bonchev–Trinajstić information content (AvgIpc) is 2.35. The van der Waals surface area contributed by atoms with Gasteiger partial charge in [0.2, 0.25) is 5.91 Å². The van der Waals surface area contributed by atoms with Gasteiger partial charge in [0.1, 0.15) is 0 Å². The lowest BCUT2D eigenvalue weighted by Gasteiger charge is -2.30. The Labute approximate surface area is 120 Å². The molecule has 2 fully saturated rings. The lowest BCUT2D eigenvalue weighted by molar-refractivity contribution is -0.122. The van der Waals surface area contributed by atoms with Crippen molar-refractivity contribution in [1.82, 2.24) is 15.5 Å². The molecule has 7 nitrogen and oxygen atoms in total. The van der Waals surface area contributed by atoms with Crippen molar-refractivity contribution in [3.63, 3.8) is 0 Å². The number of nitrogens with one attached hydrogen (secondary N) is 2. The maximum absolute atomic E-state index is 11.8. The van der Waals surface area contributed by atoms with E-state index >= 15 is 0 Å². The number of sulfone groups is 1. The molecule has 2 heterocycles. The monoisotopic (exact) mass is 305 g/mol. The molecule has 0 radical (unpaired) electrons. The number of ether oxygens (including phenoxy) is 1. The molecule has 0 aliphatic carbocycles. The van der Waals surface area contributed by atoms with E-state index in [1.54, 1.807) is 0 Å². The van der Waals surface area contributed by atoms with Crippen molar-refractivity contribution >= 4 is 15.7 Å². The summed E-state index contributed by atoms with van der Waals surface area (Å²) in [5.41, 5.74) is 0. The second-order valence-corrected chi connectivity index (χ2v) is 7.76. The number of amides is 1. The lowest BCUT2D eigenvalue weighted by atomic mass is 10.2. The Hall–Kier alpha value is -0.700. The van der Waals surface area contributed by atoms with Gasteiger partial charge in [-0.05, 0) is 7.05 Å². The van der Waals surface area contributed by atoms with Crippen LogP contribution in [0.2, 0.25) is 0 Å². The first kappa shape index (κ1) is 15.7. The van der Waals surface area contributed by atoms with Crippen LogP contribution < -0.4 is 10.6 Å². The zero-order valence-corrected chi connectivity index (χ0v) is 12.6. The second-order valence-electron chi connectivity index (χ2n) is 5.53. The summed E-state index contributed by atoms with van der Waals surface area (Å²) < 4.78 is 28.5. The van der Waals surface area contributed by atoms with E-state index in [-0.39, 0.29) is 36.0 Å². The Bertz CT molecular complexity index is 440. The van der Waals surface area contributed by atoms with Gasteiger partial charge in [-0.1, -0.05) is 0 Å². The van der Waals surface area contributed by atoms with Crippen molar-refractivity contribution in [1.29, 1.82) is 0 Å². The summed E-state index contributed by atoms with van der Waals surface area (Å²) >= 11 is 0. The van der Waals surface area contributed by atoms with Crippen LogP contribution in [-0.2, 0) is 19.4 Å². The number of rotatable bonds is 4. The maximum Gasteiger partial charge on any atom is 0.221 e. The molecule has 0 bridgehead atoms. The molecule has 0 aromatic rings. The predicted octanol–water partition coefficient (Wildman–Crippen LogP) is -1.79. The number of carbonyl (C=O) groups excluding carboxylic acids is 1. The van der Waals surface area contributed by atoms with E-state index in [9.17, 15) is 13.2 Å². The fraction of sp³-hybridized carbons (Fsp3) is 0.917. The fourth-order valence-electron chi connectivity index (χ4n) is 2.51. The van der Waals surface area contributed by atoms with Crippen LogP contribution in [0.15, 0.2) is 0 Å². The van der Waals surface area contributed by atoms with Crippen LogP contribution in [0.4, 0.5) is 0 Å². The molecule has 2 atom stereocenters.